The van der Waals surface area contributed by atoms with Crippen LogP contribution in [-0.4, -0.2) is 36.0 Å². The van der Waals surface area contributed by atoms with Gasteiger partial charge in [0, 0.05) is 9.77 Å². The topological polar surface area (TPSA) is 86.9 Å². The molecule has 2 heterocycles. The molecule has 0 radical (unpaired) electrons. The van der Waals surface area contributed by atoms with Gasteiger partial charge in [0.05, 0.1) is 18.4 Å². The van der Waals surface area contributed by atoms with Gasteiger partial charge in [-0.2, -0.15) is 0 Å². The lowest BCUT2D eigenvalue weighted by Gasteiger charge is -2.27. The molecule has 3 rings (SSSR count). The first-order valence-electron chi connectivity index (χ1n) is 8.20. The van der Waals surface area contributed by atoms with E-state index < -0.39 is 17.5 Å². The number of primary amides is 1. The van der Waals surface area contributed by atoms with Crippen molar-refractivity contribution in [1.29, 1.82) is 0 Å². The van der Waals surface area contributed by atoms with Gasteiger partial charge >= 0.3 is 0 Å². The maximum atomic E-state index is 14.6. The summed E-state index contributed by atoms with van der Waals surface area (Å²) in [7, 11) is 0. The summed E-state index contributed by atoms with van der Waals surface area (Å²) in [5.41, 5.74) is 5.98. The molecule has 0 spiro atoms. The van der Waals surface area contributed by atoms with Crippen LogP contribution in [0, 0.1) is 9.39 Å². The smallest absolute Gasteiger partial charge is 0.251 e. The van der Waals surface area contributed by atoms with Crippen LogP contribution in [0.3, 0.4) is 0 Å². The number of anilines is 2. The summed E-state index contributed by atoms with van der Waals surface area (Å²) in [6.45, 7) is 4.03. The van der Waals surface area contributed by atoms with Gasteiger partial charge in [-0.25, -0.2) is 9.45 Å². The Labute approximate surface area is 169 Å². The number of nitrogens with zero attached hydrogens (tertiary/aromatic N) is 2. The summed E-state index contributed by atoms with van der Waals surface area (Å²) in [6.07, 6.45) is 2.48. The van der Waals surface area contributed by atoms with E-state index in [1.165, 1.54) is 29.6 Å². The minimum Gasteiger partial charge on any atom is -0.366 e. The molecule has 7 nitrogen and oxygen atoms in total. The van der Waals surface area contributed by atoms with E-state index in [0.717, 1.165) is 3.57 Å². The molecule has 1 aromatic carbocycles. The van der Waals surface area contributed by atoms with Crippen molar-refractivity contribution < 1.29 is 23.5 Å². The Morgan fingerprint density at radius 3 is 2.85 bits per heavy atom. The Morgan fingerprint density at radius 1 is 1.44 bits per heavy atom. The summed E-state index contributed by atoms with van der Waals surface area (Å²) < 4.78 is 26.6. The Bertz CT molecular complexity index is 849. The van der Waals surface area contributed by atoms with Crippen LogP contribution < -0.4 is 10.8 Å². The third-order valence-corrected chi connectivity index (χ3v) is 4.54. The van der Waals surface area contributed by atoms with E-state index in [9.17, 15) is 9.18 Å². The van der Waals surface area contributed by atoms with E-state index in [4.69, 9.17) is 20.0 Å². The van der Waals surface area contributed by atoms with Crippen LogP contribution in [0.2, 0.25) is 0 Å². The molecule has 9 heteroatoms. The standard InChI is InChI=1S/C18H19FIN3O4/c1-18(2)25-9-12(27-18)10-26-23(15-4-3-11(20)7-14(15)19)16-8-22-6-5-13(16)17(21)24/h3-8,12H,9-10H2,1-2H3,(H2,21,24)/t12-/m0/s1. The average molecular weight is 487 g/mol. The molecular formula is C18H19FIN3O4. The molecule has 1 amide bonds. The molecule has 0 unspecified atom stereocenters. The number of ether oxygens (including phenoxy) is 2. The van der Waals surface area contributed by atoms with Gasteiger partial charge in [-0.3, -0.25) is 14.6 Å². The molecular weight excluding hydrogens is 468 g/mol. The molecule has 144 valence electrons. The first-order chi connectivity index (χ1) is 12.8. The van der Waals surface area contributed by atoms with Crippen molar-refractivity contribution in [2.24, 2.45) is 5.73 Å². The number of pyridine rings is 1. The Hall–Kier alpha value is -1.82. The second-order valence-corrected chi connectivity index (χ2v) is 7.64. The summed E-state index contributed by atoms with van der Waals surface area (Å²) in [4.78, 5) is 21.7. The highest BCUT2D eigenvalue weighted by Crippen LogP contribution is 2.32. The lowest BCUT2D eigenvalue weighted by molar-refractivity contribution is -0.145. The molecule has 0 bridgehead atoms. The molecule has 1 aliphatic heterocycles. The van der Waals surface area contributed by atoms with Gasteiger partial charge in [0.1, 0.15) is 29.9 Å². The predicted molar refractivity (Wildman–Crippen MR) is 105 cm³/mol. The van der Waals surface area contributed by atoms with Gasteiger partial charge in [0.25, 0.3) is 5.91 Å². The largest absolute Gasteiger partial charge is 0.366 e. The summed E-state index contributed by atoms with van der Waals surface area (Å²) in [5, 5.41) is 1.22. The van der Waals surface area contributed by atoms with Crippen LogP contribution in [-0.2, 0) is 14.3 Å². The van der Waals surface area contributed by atoms with Crippen molar-refractivity contribution >= 4 is 39.9 Å². The zero-order valence-electron chi connectivity index (χ0n) is 14.8. The van der Waals surface area contributed by atoms with Gasteiger partial charge in [0.2, 0.25) is 0 Å². The number of hydrogen-bond donors (Lipinski definition) is 1. The highest BCUT2D eigenvalue weighted by molar-refractivity contribution is 14.1. The molecule has 1 fully saturated rings. The van der Waals surface area contributed by atoms with Crippen LogP contribution in [0.5, 0.6) is 0 Å². The number of benzene rings is 1. The summed E-state index contributed by atoms with van der Waals surface area (Å²) >= 11 is 2.01. The SMILES string of the molecule is CC1(C)OC[C@@H](CON(c2ccc(I)cc2F)c2cnccc2C(N)=O)O1. The minimum absolute atomic E-state index is 0.0853. The first kappa shape index (κ1) is 19.9. The van der Waals surface area contributed by atoms with Gasteiger partial charge in [-0.1, -0.05) is 0 Å². The monoisotopic (exact) mass is 487 g/mol. The molecule has 2 aromatic rings. The number of halogens is 2. The lowest BCUT2D eigenvalue weighted by atomic mass is 10.2. The second kappa shape index (κ2) is 8.05. The first-order valence-corrected chi connectivity index (χ1v) is 9.28. The maximum Gasteiger partial charge on any atom is 0.251 e. The third kappa shape index (κ3) is 4.72. The number of nitrogens with two attached hydrogens (primary N) is 1. The number of rotatable bonds is 6. The highest BCUT2D eigenvalue weighted by Gasteiger charge is 2.33. The Balaban J connectivity index is 1.93. The van der Waals surface area contributed by atoms with Gasteiger partial charge in [-0.05, 0) is 60.7 Å². The Morgan fingerprint density at radius 2 is 2.22 bits per heavy atom. The molecule has 1 aliphatic rings. The van der Waals surface area contributed by atoms with Crippen LogP contribution in [0.15, 0.2) is 36.7 Å². The van der Waals surface area contributed by atoms with E-state index >= 15 is 0 Å². The fourth-order valence-electron chi connectivity index (χ4n) is 2.67. The maximum absolute atomic E-state index is 14.6. The normalized spacial score (nSPS) is 18.4. The van der Waals surface area contributed by atoms with E-state index in [2.05, 4.69) is 4.98 Å². The molecule has 1 aromatic heterocycles. The van der Waals surface area contributed by atoms with Crippen molar-refractivity contribution in [3.05, 3.63) is 51.6 Å². The van der Waals surface area contributed by atoms with Gasteiger partial charge < -0.3 is 15.2 Å². The molecule has 27 heavy (non-hydrogen) atoms. The van der Waals surface area contributed by atoms with Crippen molar-refractivity contribution in [1.82, 2.24) is 4.98 Å². The van der Waals surface area contributed by atoms with Crippen molar-refractivity contribution in [2.75, 3.05) is 18.3 Å². The zero-order chi connectivity index (χ0) is 19.6. The number of carbonyl (C=O) groups excluding carboxylic acids is 1. The van der Waals surface area contributed by atoms with E-state index in [1.54, 1.807) is 26.0 Å². The number of hydrogen-bond acceptors (Lipinski definition) is 6. The quantitative estimate of drug-likeness (QED) is 0.498. The fraction of sp³-hybridized carbons (Fsp3) is 0.333. The Kier molecular flexibility index (Phi) is 5.94. The number of amides is 1. The van der Waals surface area contributed by atoms with E-state index in [1.807, 2.05) is 22.6 Å². The molecule has 2 N–H and O–H groups in total. The molecule has 0 saturated carbocycles. The molecule has 1 atom stereocenters. The van der Waals surface area contributed by atoms with Gasteiger partial charge in [0.15, 0.2) is 5.79 Å². The molecule has 0 aliphatic carbocycles. The van der Waals surface area contributed by atoms with Crippen LogP contribution in [0.25, 0.3) is 0 Å². The van der Waals surface area contributed by atoms with E-state index in [-0.39, 0.29) is 29.6 Å². The van der Waals surface area contributed by atoms with Crippen LogP contribution in [0.4, 0.5) is 15.8 Å². The zero-order valence-corrected chi connectivity index (χ0v) is 17.0. The van der Waals surface area contributed by atoms with Gasteiger partial charge in [-0.15, -0.1) is 0 Å². The van der Waals surface area contributed by atoms with Crippen molar-refractivity contribution in [3.8, 4) is 0 Å². The average Bonchev–Trinajstić information content (AvgIpc) is 2.96. The van der Waals surface area contributed by atoms with E-state index in [0.29, 0.717) is 6.61 Å². The minimum atomic E-state index is -0.709. The summed E-state index contributed by atoms with van der Waals surface area (Å²) in [5.74, 6) is -1.89. The van der Waals surface area contributed by atoms with Crippen LogP contribution >= 0.6 is 22.6 Å². The highest BCUT2D eigenvalue weighted by atomic mass is 127. The molecule has 1 saturated heterocycles. The fourth-order valence-corrected chi connectivity index (χ4v) is 3.13. The number of carbonyl (C=O) groups is 1. The second-order valence-electron chi connectivity index (χ2n) is 6.39. The third-order valence-electron chi connectivity index (χ3n) is 3.87. The number of aromatic nitrogens is 1. The lowest BCUT2D eigenvalue weighted by Crippen LogP contribution is -2.30. The predicted octanol–water partition coefficient (Wildman–Crippen LogP) is 3.15. The van der Waals surface area contributed by atoms with Crippen LogP contribution in [0.1, 0.15) is 24.2 Å². The van der Waals surface area contributed by atoms with Crippen molar-refractivity contribution in [3.63, 3.8) is 0 Å². The van der Waals surface area contributed by atoms with Crippen molar-refractivity contribution in [2.45, 2.75) is 25.7 Å². The summed E-state index contributed by atoms with van der Waals surface area (Å²) in [6, 6.07) is 6.11.